The van der Waals surface area contributed by atoms with Gasteiger partial charge in [0.25, 0.3) is 0 Å². The van der Waals surface area contributed by atoms with E-state index in [0.717, 1.165) is 28.1 Å². The zero-order valence-corrected chi connectivity index (χ0v) is 10.2. The molecule has 2 aromatic rings. The standard InChI is InChI=1S/C15H17NO/c1-3-17-15-7-5-4-6-14(15)12-8-11(2)9-13(16)10-12/h4-10H,3,16H2,1-2H3. The van der Waals surface area contributed by atoms with Crippen LogP contribution in [0.2, 0.25) is 0 Å². The van der Waals surface area contributed by atoms with Gasteiger partial charge in [0.2, 0.25) is 0 Å². The third kappa shape index (κ3) is 2.59. The lowest BCUT2D eigenvalue weighted by Gasteiger charge is -2.11. The van der Waals surface area contributed by atoms with Gasteiger partial charge in [0.05, 0.1) is 6.61 Å². The molecule has 0 bridgehead atoms. The van der Waals surface area contributed by atoms with Crippen LogP contribution in [0.4, 0.5) is 5.69 Å². The first kappa shape index (κ1) is 11.5. The van der Waals surface area contributed by atoms with E-state index in [1.807, 2.05) is 44.2 Å². The van der Waals surface area contributed by atoms with Crippen molar-refractivity contribution in [1.82, 2.24) is 0 Å². The van der Waals surface area contributed by atoms with Crippen LogP contribution >= 0.6 is 0 Å². The molecule has 2 N–H and O–H groups in total. The van der Waals surface area contributed by atoms with Crippen LogP contribution < -0.4 is 10.5 Å². The molecular weight excluding hydrogens is 210 g/mol. The molecule has 0 aromatic heterocycles. The van der Waals surface area contributed by atoms with Gasteiger partial charge >= 0.3 is 0 Å². The van der Waals surface area contributed by atoms with Crippen molar-refractivity contribution in [2.24, 2.45) is 0 Å². The maximum atomic E-state index is 5.88. The van der Waals surface area contributed by atoms with Crippen molar-refractivity contribution in [2.75, 3.05) is 12.3 Å². The van der Waals surface area contributed by atoms with E-state index in [9.17, 15) is 0 Å². The summed E-state index contributed by atoms with van der Waals surface area (Å²) in [7, 11) is 0. The second kappa shape index (κ2) is 4.91. The lowest BCUT2D eigenvalue weighted by molar-refractivity contribution is 0.341. The van der Waals surface area contributed by atoms with Crippen LogP contribution in [-0.2, 0) is 0 Å². The van der Waals surface area contributed by atoms with Crippen LogP contribution in [0, 0.1) is 6.92 Å². The van der Waals surface area contributed by atoms with Gasteiger partial charge in [-0.25, -0.2) is 0 Å². The van der Waals surface area contributed by atoms with Gasteiger partial charge < -0.3 is 10.5 Å². The normalized spacial score (nSPS) is 10.2. The Labute approximate surface area is 102 Å². The number of anilines is 1. The minimum atomic E-state index is 0.665. The number of nitrogen functional groups attached to an aromatic ring is 1. The van der Waals surface area contributed by atoms with Crippen molar-refractivity contribution in [3.63, 3.8) is 0 Å². The van der Waals surface area contributed by atoms with Crippen LogP contribution in [0.1, 0.15) is 12.5 Å². The highest BCUT2D eigenvalue weighted by Crippen LogP contribution is 2.31. The molecule has 2 heteroatoms. The van der Waals surface area contributed by atoms with E-state index in [2.05, 4.69) is 12.1 Å². The fourth-order valence-electron chi connectivity index (χ4n) is 1.95. The molecule has 0 saturated heterocycles. The van der Waals surface area contributed by atoms with Gasteiger partial charge in [0.1, 0.15) is 5.75 Å². The first-order valence-electron chi connectivity index (χ1n) is 5.80. The van der Waals surface area contributed by atoms with E-state index < -0.39 is 0 Å². The van der Waals surface area contributed by atoms with Gasteiger partial charge in [0, 0.05) is 11.3 Å². The topological polar surface area (TPSA) is 35.2 Å². The van der Waals surface area contributed by atoms with Crippen LogP contribution in [-0.4, -0.2) is 6.61 Å². The summed E-state index contributed by atoms with van der Waals surface area (Å²) in [5, 5.41) is 0. The smallest absolute Gasteiger partial charge is 0.127 e. The predicted octanol–water partition coefficient (Wildman–Crippen LogP) is 3.64. The maximum Gasteiger partial charge on any atom is 0.127 e. The summed E-state index contributed by atoms with van der Waals surface area (Å²) < 4.78 is 5.63. The number of hydrogen-bond donors (Lipinski definition) is 1. The molecule has 0 amide bonds. The third-order valence-corrected chi connectivity index (χ3v) is 2.60. The molecule has 0 aliphatic carbocycles. The van der Waals surface area contributed by atoms with Crippen molar-refractivity contribution >= 4 is 5.69 Å². The lowest BCUT2D eigenvalue weighted by atomic mass is 10.0. The van der Waals surface area contributed by atoms with Crippen LogP contribution in [0.15, 0.2) is 42.5 Å². The van der Waals surface area contributed by atoms with E-state index in [-0.39, 0.29) is 0 Å². The number of ether oxygens (including phenoxy) is 1. The molecule has 0 aliphatic heterocycles. The highest BCUT2D eigenvalue weighted by atomic mass is 16.5. The van der Waals surface area contributed by atoms with Crippen molar-refractivity contribution in [3.8, 4) is 16.9 Å². The summed E-state index contributed by atoms with van der Waals surface area (Å²) in [6, 6.07) is 14.1. The first-order valence-corrected chi connectivity index (χ1v) is 5.80. The van der Waals surface area contributed by atoms with Gasteiger partial charge in [-0.3, -0.25) is 0 Å². The Balaban J connectivity index is 2.51. The summed E-state index contributed by atoms with van der Waals surface area (Å²) >= 11 is 0. The van der Waals surface area contributed by atoms with Gasteiger partial charge in [0.15, 0.2) is 0 Å². The number of hydrogen-bond acceptors (Lipinski definition) is 2. The molecule has 0 saturated carbocycles. The van der Waals surface area contributed by atoms with Crippen molar-refractivity contribution in [1.29, 1.82) is 0 Å². The SMILES string of the molecule is CCOc1ccccc1-c1cc(C)cc(N)c1. The monoisotopic (exact) mass is 227 g/mol. The molecule has 2 aromatic carbocycles. The molecule has 88 valence electrons. The molecule has 0 atom stereocenters. The quantitative estimate of drug-likeness (QED) is 0.812. The number of nitrogens with two attached hydrogens (primary N) is 1. The molecule has 0 radical (unpaired) electrons. The largest absolute Gasteiger partial charge is 0.493 e. The van der Waals surface area contributed by atoms with E-state index in [1.54, 1.807) is 0 Å². The highest BCUT2D eigenvalue weighted by molar-refractivity contribution is 5.73. The second-order valence-corrected chi connectivity index (χ2v) is 4.06. The summed E-state index contributed by atoms with van der Waals surface area (Å²) in [6.07, 6.45) is 0. The molecule has 0 fully saturated rings. The van der Waals surface area contributed by atoms with Gasteiger partial charge in [-0.1, -0.05) is 24.3 Å². The van der Waals surface area contributed by atoms with E-state index >= 15 is 0 Å². The van der Waals surface area contributed by atoms with Crippen LogP contribution in [0.3, 0.4) is 0 Å². The van der Waals surface area contributed by atoms with Gasteiger partial charge in [-0.2, -0.15) is 0 Å². The molecule has 0 heterocycles. The number of rotatable bonds is 3. The fourth-order valence-corrected chi connectivity index (χ4v) is 1.95. The number of benzene rings is 2. The zero-order valence-electron chi connectivity index (χ0n) is 10.2. The Bertz CT molecular complexity index is 500. The average molecular weight is 227 g/mol. The maximum absolute atomic E-state index is 5.88. The summed E-state index contributed by atoms with van der Waals surface area (Å²) in [6.45, 7) is 4.70. The Morgan fingerprint density at radius 1 is 1.12 bits per heavy atom. The molecular formula is C15H17NO. The minimum absolute atomic E-state index is 0.665. The van der Waals surface area contributed by atoms with Crippen molar-refractivity contribution in [2.45, 2.75) is 13.8 Å². The molecule has 0 unspecified atom stereocenters. The molecule has 0 spiro atoms. The molecule has 17 heavy (non-hydrogen) atoms. The van der Waals surface area contributed by atoms with Crippen LogP contribution in [0.5, 0.6) is 5.75 Å². The molecule has 2 nitrogen and oxygen atoms in total. The second-order valence-electron chi connectivity index (χ2n) is 4.06. The highest BCUT2D eigenvalue weighted by Gasteiger charge is 2.06. The van der Waals surface area contributed by atoms with E-state index in [1.165, 1.54) is 0 Å². The fraction of sp³-hybridized carbons (Fsp3) is 0.200. The minimum Gasteiger partial charge on any atom is -0.493 e. The van der Waals surface area contributed by atoms with Gasteiger partial charge in [-0.15, -0.1) is 0 Å². The number of aryl methyl sites for hydroxylation is 1. The lowest BCUT2D eigenvalue weighted by Crippen LogP contribution is -1.94. The average Bonchev–Trinajstić information content (AvgIpc) is 2.29. The third-order valence-electron chi connectivity index (χ3n) is 2.60. The molecule has 0 aliphatic rings. The van der Waals surface area contributed by atoms with E-state index in [0.29, 0.717) is 6.61 Å². The Hall–Kier alpha value is -1.96. The first-order chi connectivity index (χ1) is 8.20. The molecule has 2 rings (SSSR count). The van der Waals surface area contributed by atoms with E-state index in [4.69, 9.17) is 10.5 Å². The Morgan fingerprint density at radius 2 is 1.88 bits per heavy atom. The summed E-state index contributed by atoms with van der Waals surface area (Å²) in [4.78, 5) is 0. The Kier molecular flexibility index (Phi) is 3.33. The summed E-state index contributed by atoms with van der Waals surface area (Å²) in [5.74, 6) is 0.903. The van der Waals surface area contributed by atoms with Crippen molar-refractivity contribution < 1.29 is 4.74 Å². The van der Waals surface area contributed by atoms with Crippen LogP contribution in [0.25, 0.3) is 11.1 Å². The Morgan fingerprint density at radius 3 is 2.59 bits per heavy atom. The van der Waals surface area contributed by atoms with Crippen molar-refractivity contribution in [3.05, 3.63) is 48.0 Å². The number of para-hydroxylation sites is 1. The van der Waals surface area contributed by atoms with Gasteiger partial charge in [-0.05, 0) is 43.2 Å². The predicted molar refractivity (Wildman–Crippen MR) is 72.2 cm³/mol. The zero-order chi connectivity index (χ0) is 12.3. The summed E-state index contributed by atoms with van der Waals surface area (Å²) in [5.41, 5.74) is 10.0.